The van der Waals surface area contributed by atoms with Crippen LogP contribution in [0.2, 0.25) is 0 Å². The molecule has 1 fully saturated rings. The molecule has 1 amide bonds. The van der Waals surface area contributed by atoms with Crippen molar-refractivity contribution in [3.8, 4) is 0 Å². The first-order valence-electron chi connectivity index (χ1n) is 8.78. The highest BCUT2D eigenvalue weighted by molar-refractivity contribution is 5.94. The van der Waals surface area contributed by atoms with Gasteiger partial charge in [-0.3, -0.25) is 9.78 Å². The van der Waals surface area contributed by atoms with Crippen molar-refractivity contribution in [2.75, 3.05) is 20.3 Å². The summed E-state index contributed by atoms with van der Waals surface area (Å²) in [4.78, 5) is 18.9. The third-order valence-corrected chi connectivity index (χ3v) is 4.92. The van der Waals surface area contributed by atoms with Crippen LogP contribution < -0.4 is 0 Å². The number of pyridine rings is 1. The van der Waals surface area contributed by atoms with Gasteiger partial charge in [0.05, 0.1) is 24.4 Å². The van der Waals surface area contributed by atoms with Gasteiger partial charge in [0, 0.05) is 38.5 Å². The molecule has 0 unspecified atom stereocenters. The Hall–Kier alpha value is -2.28. The smallest absolute Gasteiger partial charge is 0.255 e. The standard InChI is InChI=1S/C18H23N5O2/c1-12-5-14(7-19-6-12)18(24)22-9-15(11-25-2)17-16(10-22)20-21-23(17)8-13-3-4-13/h5-7,13,15H,3-4,8-11H2,1-2H3/t15-/m0/s1. The number of hydrogen-bond acceptors (Lipinski definition) is 5. The Labute approximate surface area is 147 Å². The molecule has 2 aliphatic rings. The van der Waals surface area contributed by atoms with Crippen LogP contribution in [0.4, 0.5) is 0 Å². The zero-order valence-electron chi connectivity index (χ0n) is 14.7. The zero-order chi connectivity index (χ0) is 17.4. The molecule has 3 heterocycles. The van der Waals surface area contributed by atoms with E-state index in [-0.39, 0.29) is 11.8 Å². The molecule has 7 nitrogen and oxygen atoms in total. The average Bonchev–Trinajstić information content (AvgIpc) is 3.33. The summed E-state index contributed by atoms with van der Waals surface area (Å²) in [7, 11) is 1.69. The van der Waals surface area contributed by atoms with Gasteiger partial charge in [0.1, 0.15) is 5.69 Å². The van der Waals surface area contributed by atoms with Gasteiger partial charge in [0.2, 0.25) is 0 Å². The van der Waals surface area contributed by atoms with Crippen molar-refractivity contribution in [1.29, 1.82) is 0 Å². The molecule has 0 radical (unpaired) electrons. The molecule has 2 aromatic heterocycles. The van der Waals surface area contributed by atoms with Crippen molar-refractivity contribution in [3.05, 3.63) is 41.0 Å². The maximum Gasteiger partial charge on any atom is 0.255 e. The third kappa shape index (κ3) is 3.28. The van der Waals surface area contributed by atoms with Gasteiger partial charge in [-0.1, -0.05) is 5.21 Å². The SMILES string of the molecule is COC[C@@H]1CN(C(=O)c2cncc(C)c2)Cc2nnn(CC3CC3)c21. The maximum atomic E-state index is 12.9. The summed E-state index contributed by atoms with van der Waals surface area (Å²) in [6, 6.07) is 1.88. The van der Waals surface area contributed by atoms with E-state index in [1.54, 1.807) is 19.5 Å². The van der Waals surface area contributed by atoms with Gasteiger partial charge < -0.3 is 9.64 Å². The molecule has 0 spiro atoms. The van der Waals surface area contributed by atoms with Crippen molar-refractivity contribution in [1.82, 2.24) is 24.9 Å². The van der Waals surface area contributed by atoms with E-state index in [9.17, 15) is 4.79 Å². The van der Waals surface area contributed by atoms with Crippen molar-refractivity contribution < 1.29 is 9.53 Å². The van der Waals surface area contributed by atoms with E-state index in [1.807, 2.05) is 22.6 Å². The van der Waals surface area contributed by atoms with Gasteiger partial charge >= 0.3 is 0 Å². The molecular weight excluding hydrogens is 318 g/mol. The van der Waals surface area contributed by atoms with Crippen LogP contribution in [0.3, 0.4) is 0 Å². The number of nitrogens with zero attached hydrogens (tertiary/aromatic N) is 5. The van der Waals surface area contributed by atoms with Crippen LogP contribution in [0.1, 0.15) is 46.1 Å². The molecule has 1 atom stereocenters. The monoisotopic (exact) mass is 341 g/mol. The normalized spacial score (nSPS) is 19.8. The van der Waals surface area contributed by atoms with Gasteiger partial charge in [0.15, 0.2) is 0 Å². The van der Waals surface area contributed by atoms with Crippen molar-refractivity contribution >= 4 is 5.91 Å². The van der Waals surface area contributed by atoms with E-state index in [0.29, 0.717) is 25.3 Å². The molecule has 0 bridgehead atoms. The molecule has 0 aromatic carbocycles. The molecule has 7 heteroatoms. The minimum absolute atomic E-state index is 0.0142. The van der Waals surface area contributed by atoms with Crippen LogP contribution in [0.15, 0.2) is 18.5 Å². The lowest BCUT2D eigenvalue weighted by atomic mass is 9.98. The molecule has 0 N–H and O–H groups in total. The number of aromatic nitrogens is 4. The summed E-state index contributed by atoms with van der Waals surface area (Å²) in [6.45, 7) is 4.53. The second-order valence-corrected chi connectivity index (χ2v) is 7.14. The van der Waals surface area contributed by atoms with E-state index < -0.39 is 0 Å². The lowest BCUT2D eigenvalue weighted by Gasteiger charge is -2.32. The largest absolute Gasteiger partial charge is 0.384 e. The topological polar surface area (TPSA) is 73.1 Å². The number of methoxy groups -OCH3 is 1. The Morgan fingerprint density at radius 2 is 2.20 bits per heavy atom. The Bertz CT molecular complexity index is 784. The van der Waals surface area contributed by atoms with Crippen LogP contribution in [-0.4, -0.2) is 51.0 Å². The minimum atomic E-state index is -0.0142. The predicted octanol–water partition coefficient (Wildman–Crippen LogP) is 1.78. The van der Waals surface area contributed by atoms with E-state index >= 15 is 0 Å². The molecule has 1 aliphatic heterocycles. The molecular formula is C18H23N5O2. The Kier molecular flexibility index (Phi) is 4.25. The Morgan fingerprint density at radius 1 is 1.36 bits per heavy atom. The second kappa shape index (κ2) is 6.55. The zero-order valence-corrected chi connectivity index (χ0v) is 14.7. The van der Waals surface area contributed by atoms with Gasteiger partial charge in [-0.15, -0.1) is 5.10 Å². The molecule has 2 aromatic rings. The lowest BCUT2D eigenvalue weighted by molar-refractivity contribution is 0.0671. The number of fused-ring (bicyclic) bond motifs is 1. The minimum Gasteiger partial charge on any atom is -0.384 e. The quantitative estimate of drug-likeness (QED) is 0.829. The van der Waals surface area contributed by atoms with Crippen molar-refractivity contribution in [3.63, 3.8) is 0 Å². The van der Waals surface area contributed by atoms with Gasteiger partial charge in [-0.2, -0.15) is 0 Å². The molecule has 132 valence electrons. The highest BCUT2D eigenvalue weighted by Crippen LogP contribution is 2.34. The third-order valence-electron chi connectivity index (χ3n) is 4.92. The van der Waals surface area contributed by atoms with Gasteiger partial charge in [-0.05, 0) is 37.3 Å². The first-order valence-corrected chi connectivity index (χ1v) is 8.78. The number of carbonyl (C=O) groups excluding carboxylic acids is 1. The number of rotatable bonds is 5. The van der Waals surface area contributed by atoms with Crippen molar-refractivity contribution in [2.45, 2.75) is 38.8 Å². The highest BCUT2D eigenvalue weighted by Gasteiger charge is 2.35. The summed E-state index contributed by atoms with van der Waals surface area (Å²) >= 11 is 0. The fraction of sp³-hybridized carbons (Fsp3) is 0.556. The number of ether oxygens (including phenoxy) is 1. The summed E-state index contributed by atoms with van der Waals surface area (Å²) < 4.78 is 7.45. The summed E-state index contributed by atoms with van der Waals surface area (Å²) in [6.07, 6.45) is 5.92. The van der Waals surface area contributed by atoms with E-state index in [4.69, 9.17) is 4.74 Å². The first kappa shape index (κ1) is 16.2. The fourth-order valence-corrected chi connectivity index (χ4v) is 3.54. The summed E-state index contributed by atoms with van der Waals surface area (Å²) in [5.74, 6) is 0.816. The molecule has 1 saturated carbocycles. The Morgan fingerprint density at radius 3 is 2.92 bits per heavy atom. The predicted molar refractivity (Wildman–Crippen MR) is 91.1 cm³/mol. The maximum absolute atomic E-state index is 12.9. The molecule has 25 heavy (non-hydrogen) atoms. The van der Waals surface area contributed by atoms with Crippen LogP contribution >= 0.6 is 0 Å². The van der Waals surface area contributed by atoms with Gasteiger partial charge in [0.25, 0.3) is 5.91 Å². The van der Waals surface area contributed by atoms with Crippen LogP contribution in [-0.2, 0) is 17.8 Å². The van der Waals surface area contributed by atoms with Crippen LogP contribution in [0.25, 0.3) is 0 Å². The summed E-state index contributed by atoms with van der Waals surface area (Å²) in [5, 5.41) is 8.71. The van der Waals surface area contributed by atoms with E-state index in [0.717, 1.165) is 29.4 Å². The number of amides is 1. The average molecular weight is 341 g/mol. The number of carbonyl (C=O) groups is 1. The molecule has 1 aliphatic carbocycles. The van der Waals surface area contributed by atoms with Crippen molar-refractivity contribution in [2.24, 2.45) is 5.92 Å². The number of aryl methyl sites for hydroxylation is 1. The first-order chi connectivity index (χ1) is 12.2. The number of hydrogen-bond donors (Lipinski definition) is 0. The second-order valence-electron chi connectivity index (χ2n) is 7.14. The van der Waals surface area contributed by atoms with Crippen LogP contribution in [0, 0.1) is 12.8 Å². The molecule has 4 rings (SSSR count). The van der Waals surface area contributed by atoms with E-state index in [1.165, 1.54) is 12.8 Å². The summed E-state index contributed by atoms with van der Waals surface area (Å²) in [5.41, 5.74) is 3.63. The lowest BCUT2D eigenvalue weighted by Crippen LogP contribution is -2.40. The fourth-order valence-electron chi connectivity index (χ4n) is 3.54. The van der Waals surface area contributed by atoms with Gasteiger partial charge in [-0.25, -0.2) is 4.68 Å². The Balaban J connectivity index is 1.60. The van der Waals surface area contributed by atoms with Crippen LogP contribution in [0.5, 0.6) is 0 Å². The van der Waals surface area contributed by atoms with E-state index in [2.05, 4.69) is 15.3 Å². The molecule has 0 saturated heterocycles. The highest BCUT2D eigenvalue weighted by atomic mass is 16.5.